The van der Waals surface area contributed by atoms with Crippen LogP contribution in [0, 0.1) is 0 Å². The summed E-state index contributed by atoms with van der Waals surface area (Å²) < 4.78 is 5.08. The summed E-state index contributed by atoms with van der Waals surface area (Å²) in [7, 11) is 0. The van der Waals surface area contributed by atoms with Crippen molar-refractivity contribution in [2.75, 3.05) is 0 Å². The minimum Gasteiger partial charge on any atom is -0.464 e. The lowest BCUT2D eigenvalue weighted by atomic mass is 9.98. The first kappa shape index (κ1) is 10.6. The zero-order valence-electron chi connectivity index (χ0n) is 8.90. The lowest BCUT2D eigenvalue weighted by molar-refractivity contribution is -0.119. The van der Waals surface area contributed by atoms with Gasteiger partial charge in [-0.15, -0.1) is 0 Å². The Hall–Kier alpha value is -1.88. The molecule has 2 N–H and O–H groups in total. The van der Waals surface area contributed by atoms with Crippen LogP contribution in [0.5, 0.6) is 0 Å². The van der Waals surface area contributed by atoms with Crippen molar-refractivity contribution in [2.24, 2.45) is 0 Å². The van der Waals surface area contributed by atoms with Gasteiger partial charge in [-0.3, -0.25) is 9.59 Å². The Kier molecular flexibility index (Phi) is 2.20. The molecule has 1 unspecified atom stereocenters. The van der Waals surface area contributed by atoms with Gasteiger partial charge in [0.1, 0.15) is 5.76 Å². The quantitative estimate of drug-likeness (QED) is 0.760. The van der Waals surface area contributed by atoms with Crippen LogP contribution in [0.1, 0.15) is 19.6 Å². The first-order valence-electron chi connectivity index (χ1n) is 4.78. The molecular formula is C11H11NO4. The van der Waals surface area contributed by atoms with Crippen molar-refractivity contribution in [1.29, 1.82) is 0 Å². The molecule has 1 atom stereocenters. The van der Waals surface area contributed by atoms with E-state index >= 15 is 0 Å². The maximum absolute atomic E-state index is 11.7. The van der Waals surface area contributed by atoms with Gasteiger partial charge in [-0.1, -0.05) is 0 Å². The third-order valence-corrected chi connectivity index (χ3v) is 2.44. The minimum absolute atomic E-state index is 0.0347. The van der Waals surface area contributed by atoms with Gasteiger partial charge in [-0.05, 0) is 26.0 Å². The maximum Gasteiger partial charge on any atom is 0.258 e. The summed E-state index contributed by atoms with van der Waals surface area (Å²) in [6.07, 6.45) is 1.40. The highest BCUT2D eigenvalue weighted by Crippen LogP contribution is 2.32. The molecule has 0 radical (unpaired) electrons. The van der Waals surface area contributed by atoms with Crippen LogP contribution in [0.3, 0.4) is 0 Å². The number of amides is 1. The smallest absolute Gasteiger partial charge is 0.258 e. The average Bonchev–Trinajstić information content (AvgIpc) is 2.69. The van der Waals surface area contributed by atoms with E-state index in [2.05, 4.69) is 5.32 Å². The van der Waals surface area contributed by atoms with Crippen molar-refractivity contribution in [3.8, 4) is 0 Å². The topological polar surface area (TPSA) is 79.5 Å². The molecule has 0 aliphatic carbocycles. The van der Waals surface area contributed by atoms with E-state index in [1.165, 1.54) is 20.1 Å². The highest BCUT2D eigenvalue weighted by Gasteiger charge is 2.43. The largest absolute Gasteiger partial charge is 0.464 e. The van der Waals surface area contributed by atoms with E-state index in [1.807, 2.05) is 0 Å². The maximum atomic E-state index is 11.7. The van der Waals surface area contributed by atoms with Crippen LogP contribution in [0.15, 0.2) is 28.4 Å². The molecule has 2 rings (SSSR count). The minimum atomic E-state index is -1.63. The van der Waals surface area contributed by atoms with Crippen LogP contribution in [0.2, 0.25) is 0 Å². The van der Waals surface area contributed by atoms with Gasteiger partial charge in [-0.25, -0.2) is 0 Å². The molecule has 0 saturated heterocycles. The molecule has 2 heterocycles. The SMILES string of the molecule is CC(=O)C1=C(c2ccco2)C(=O)NC1(C)O. The van der Waals surface area contributed by atoms with E-state index in [9.17, 15) is 14.7 Å². The summed E-state index contributed by atoms with van der Waals surface area (Å²) in [5.74, 6) is -0.597. The van der Waals surface area contributed by atoms with Crippen LogP contribution in [0.4, 0.5) is 0 Å². The number of hydrogen-bond donors (Lipinski definition) is 2. The number of furan rings is 1. The predicted molar refractivity (Wildman–Crippen MR) is 55.1 cm³/mol. The van der Waals surface area contributed by atoms with Crippen molar-refractivity contribution in [3.63, 3.8) is 0 Å². The fraction of sp³-hybridized carbons (Fsp3) is 0.273. The lowest BCUT2D eigenvalue weighted by Crippen LogP contribution is -2.42. The van der Waals surface area contributed by atoms with Gasteiger partial charge in [0, 0.05) is 0 Å². The molecule has 1 aromatic rings. The van der Waals surface area contributed by atoms with Gasteiger partial charge >= 0.3 is 0 Å². The Balaban J connectivity index is 2.65. The lowest BCUT2D eigenvalue weighted by Gasteiger charge is -2.18. The predicted octanol–water partition coefficient (Wildman–Crippen LogP) is 0.460. The monoisotopic (exact) mass is 221 g/mol. The molecule has 5 heteroatoms. The van der Waals surface area contributed by atoms with Gasteiger partial charge in [-0.2, -0.15) is 0 Å². The van der Waals surface area contributed by atoms with Crippen LogP contribution in [-0.2, 0) is 9.59 Å². The fourth-order valence-corrected chi connectivity index (χ4v) is 1.88. The Morgan fingerprint density at radius 3 is 2.75 bits per heavy atom. The molecule has 1 aromatic heterocycles. The highest BCUT2D eigenvalue weighted by atomic mass is 16.3. The van der Waals surface area contributed by atoms with Gasteiger partial charge in [0.2, 0.25) is 0 Å². The molecule has 84 valence electrons. The Bertz CT molecular complexity index is 482. The number of nitrogens with one attached hydrogen (secondary N) is 1. The second-order valence-electron chi connectivity index (χ2n) is 3.81. The first-order valence-corrected chi connectivity index (χ1v) is 4.78. The summed E-state index contributed by atoms with van der Waals surface area (Å²) in [5, 5.41) is 12.2. The molecule has 1 amide bonds. The third-order valence-electron chi connectivity index (χ3n) is 2.44. The Morgan fingerprint density at radius 2 is 2.25 bits per heavy atom. The van der Waals surface area contributed by atoms with E-state index in [4.69, 9.17) is 4.42 Å². The summed E-state index contributed by atoms with van der Waals surface area (Å²) in [6.45, 7) is 2.66. The van der Waals surface area contributed by atoms with Crippen molar-refractivity contribution in [2.45, 2.75) is 19.6 Å². The highest BCUT2D eigenvalue weighted by molar-refractivity contribution is 6.28. The van der Waals surface area contributed by atoms with Crippen molar-refractivity contribution >= 4 is 17.3 Å². The third kappa shape index (κ3) is 1.45. The molecule has 5 nitrogen and oxygen atoms in total. The van der Waals surface area contributed by atoms with E-state index in [0.717, 1.165) is 0 Å². The van der Waals surface area contributed by atoms with Gasteiger partial charge in [0.15, 0.2) is 11.5 Å². The van der Waals surface area contributed by atoms with E-state index in [0.29, 0.717) is 0 Å². The zero-order chi connectivity index (χ0) is 11.9. The normalized spacial score (nSPS) is 24.8. The van der Waals surface area contributed by atoms with Gasteiger partial charge in [0.05, 0.1) is 17.4 Å². The number of aliphatic hydroxyl groups is 1. The number of hydrogen-bond acceptors (Lipinski definition) is 4. The fourth-order valence-electron chi connectivity index (χ4n) is 1.88. The summed E-state index contributed by atoms with van der Waals surface area (Å²) in [4.78, 5) is 23.1. The molecular weight excluding hydrogens is 210 g/mol. The Labute approximate surface area is 91.8 Å². The number of carbonyl (C=O) groups excluding carboxylic acids is 2. The number of ketones is 1. The molecule has 0 spiro atoms. The van der Waals surface area contributed by atoms with E-state index < -0.39 is 11.6 Å². The van der Waals surface area contributed by atoms with Crippen LogP contribution >= 0.6 is 0 Å². The average molecular weight is 221 g/mol. The first-order chi connectivity index (χ1) is 7.43. The molecule has 0 fully saturated rings. The van der Waals surface area contributed by atoms with Crippen LogP contribution in [-0.4, -0.2) is 22.5 Å². The van der Waals surface area contributed by atoms with Gasteiger partial charge in [0.25, 0.3) is 5.91 Å². The van der Waals surface area contributed by atoms with E-state index in [-0.39, 0.29) is 22.7 Å². The Morgan fingerprint density at radius 1 is 1.56 bits per heavy atom. The van der Waals surface area contributed by atoms with Crippen LogP contribution < -0.4 is 5.32 Å². The standard InChI is InChI=1S/C11H11NO4/c1-6(13)9-8(7-4-3-5-16-7)10(14)12-11(9,2)15/h3-5,15H,1-2H3,(H,12,14). The number of rotatable bonds is 2. The number of carbonyl (C=O) groups is 2. The summed E-state index contributed by atoms with van der Waals surface area (Å²) >= 11 is 0. The molecule has 1 aliphatic rings. The summed E-state index contributed by atoms with van der Waals surface area (Å²) in [6, 6.07) is 3.18. The second kappa shape index (κ2) is 3.31. The summed E-state index contributed by atoms with van der Waals surface area (Å²) in [5.41, 5.74) is -1.50. The molecule has 0 aromatic carbocycles. The van der Waals surface area contributed by atoms with Crippen molar-refractivity contribution in [3.05, 3.63) is 29.7 Å². The van der Waals surface area contributed by atoms with E-state index in [1.54, 1.807) is 12.1 Å². The van der Waals surface area contributed by atoms with Gasteiger partial charge < -0.3 is 14.8 Å². The van der Waals surface area contributed by atoms with Crippen molar-refractivity contribution in [1.82, 2.24) is 5.32 Å². The van der Waals surface area contributed by atoms with Crippen molar-refractivity contribution < 1.29 is 19.1 Å². The zero-order valence-corrected chi connectivity index (χ0v) is 8.90. The molecule has 1 aliphatic heterocycles. The molecule has 16 heavy (non-hydrogen) atoms. The second-order valence-corrected chi connectivity index (χ2v) is 3.81. The molecule has 0 saturated carbocycles. The van der Waals surface area contributed by atoms with Crippen LogP contribution in [0.25, 0.3) is 5.57 Å². The molecule has 0 bridgehead atoms. The number of Topliss-reactive ketones (excluding diaryl/α,β-unsaturated/α-hetero) is 1.